The average Bonchev–Trinajstić information content (AvgIpc) is 3.24. The normalized spacial score (nSPS) is 18.8. The third-order valence-corrected chi connectivity index (χ3v) is 4.26. The maximum Gasteiger partial charge on any atom is 0.0610 e. The summed E-state index contributed by atoms with van der Waals surface area (Å²) >= 11 is 0. The second kappa shape index (κ2) is 8.93. The molecule has 0 radical (unpaired) electrons. The molecule has 1 unspecified atom stereocenters. The van der Waals surface area contributed by atoms with Crippen LogP contribution in [0.3, 0.4) is 0 Å². The van der Waals surface area contributed by atoms with Gasteiger partial charge in [-0.1, -0.05) is 20.3 Å². The summed E-state index contributed by atoms with van der Waals surface area (Å²) in [5.74, 6) is 0.994. The van der Waals surface area contributed by atoms with Crippen LogP contribution < -0.4 is 5.32 Å². The lowest BCUT2D eigenvalue weighted by Gasteiger charge is -2.29. The molecule has 1 aliphatic carbocycles. The third kappa shape index (κ3) is 7.28. The maximum absolute atomic E-state index is 9.52. The highest BCUT2D eigenvalue weighted by Gasteiger charge is 2.24. The first-order valence-corrected chi connectivity index (χ1v) is 8.21. The fourth-order valence-electron chi connectivity index (χ4n) is 2.54. The van der Waals surface area contributed by atoms with Gasteiger partial charge in [-0.3, -0.25) is 0 Å². The monoisotopic (exact) mass is 270 g/mol. The molecule has 0 aliphatic heterocycles. The van der Waals surface area contributed by atoms with E-state index in [2.05, 4.69) is 31.0 Å². The van der Waals surface area contributed by atoms with Gasteiger partial charge in [-0.2, -0.15) is 0 Å². The number of aliphatic hydroxyl groups excluding tert-OH is 1. The minimum absolute atomic E-state index is 0.0798. The van der Waals surface area contributed by atoms with E-state index in [1.54, 1.807) is 0 Å². The smallest absolute Gasteiger partial charge is 0.0610 e. The summed E-state index contributed by atoms with van der Waals surface area (Å²) in [4.78, 5) is 2.59. The lowest BCUT2D eigenvalue weighted by molar-refractivity contribution is 0.160. The summed E-state index contributed by atoms with van der Waals surface area (Å²) in [6.45, 7) is 11.5. The second-order valence-electron chi connectivity index (χ2n) is 6.44. The molecule has 0 aromatic carbocycles. The number of rotatable bonds is 12. The summed E-state index contributed by atoms with van der Waals surface area (Å²) in [6, 6.07) is 0. The van der Waals surface area contributed by atoms with Crippen molar-refractivity contribution in [1.29, 1.82) is 0 Å². The molecule has 3 heteroatoms. The molecule has 1 aliphatic rings. The summed E-state index contributed by atoms with van der Waals surface area (Å²) < 4.78 is 0. The van der Waals surface area contributed by atoms with Gasteiger partial charge < -0.3 is 15.3 Å². The van der Waals surface area contributed by atoms with Crippen LogP contribution in [0.4, 0.5) is 0 Å². The van der Waals surface area contributed by atoms with Crippen molar-refractivity contribution in [3.05, 3.63) is 0 Å². The molecular formula is C16H34N2O. The molecule has 0 aromatic rings. The van der Waals surface area contributed by atoms with Crippen molar-refractivity contribution in [2.45, 2.75) is 64.8 Å². The molecule has 0 bridgehead atoms. The summed E-state index contributed by atoms with van der Waals surface area (Å²) in [5, 5.41) is 13.0. The Morgan fingerprint density at radius 3 is 2.53 bits per heavy atom. The Labute approximate surface area is 119 Å². The van der Waals surface area contributed by atoms with Crippen LogP contribution >= 0.6 is 0 Å². The number of unbranched alkanes of at least 4 members (excludes halogenated alkanes) is 1. The van der Waals surface area contributed by atoms with Gasteiger partial charge in [0, 0.05) is 12.1 Å². The first-order chi connectivity index (χ1) is 9.13. The van der Waals surface area contributed by atoms with E-state index in [1.165, 1.54) is 45.3 Å². The van der Waals surface area contributed by atoms with E-state index in [9.17, 15) is 5.11 Å². The van der Waals surface area contributed by atoms with Crippen LogP contribution in [0.1, 0.15) is 59.3 Å². The highest BCUT2D eigenvalue weighted by atomic mass is 16.3. The quantitative estimate of drug-likeness (QED) is 0.535. The van der Waals surface area contributed by atoms with Gasteiger partial charge in [-0.15, -0.1) is 0 Å². The van der Waals surface area contributed by atoms with E-state index in [4.69, 9.17) is 0 Å². The predicted molar refractivity (Wildman–Crippen MR) is 82.5 cm³/mol. The fourth-order valence-corrected chi connectivity index (χ4v) is 2.54. The fraction of sp³-hybridized carbons (Fsp3) is 1.00. The largest absolute Gasteiger partial charge is 0.394 e. The van der Waals surface area contributed by atoms with Gasteiger partial charge >= 0.3 is 0 Å². The van der Waals surface area contributed by atoms with E-state index in [-0.39, 0.29) is 12.1 Å². The van der Waals surface area contributed by atoms with Gasteiger partial charge in [0.1, 0.15) is 0 Å². The van der Waals surface area contributed by atoms with Crippen LogP contribution in [0.15, 0.2) is 0 Å². The van der Waals surface area contributed by atoms with Crippen molar-refractivity contribution >= 4 is 0 Å². The van der Waals surface area contributed by atoms with Gasteiger partial charge in [0.25, 0.3) is 0 Å². The summed E-state index contributed by atoms with van der Waals surface area (Å²) in [7, 11) is 0. The number of nitrogens with zero attached hydrogens (tertiary/aromatic N) is 1. The molecule has 2 N–H and O–H groups in total. The third-order valence-electron chi connectivity index (χ3n) is 4.26. The molecular weight excluding hydrogens is 236 g/mol. The van der Waals surface area contributed by atoms with Crippen molar-refractivity contribution in [3.8, 4) is 0 Å². The lowest BCUT2D eigenvalue weighted by atomic mass is 9.95. The van der Waals surface area contributed by atoms with Gasteiger partial charge in [0.15, 0.2) is 0 Å². The van der Waals surface area contributed by atoms with Crippen molar-refractivity contribution in [2.24, 2.45) is 5.92 Å². The Morgan fingerprint density at radius 2 is 2.00 bits per heavy atom. The van der Waals surface area contributed by atoms with Crippen molar-refractivity contribution < 1.29 is 5.11 Å². The second-order valence-corrected chi connectivity index (χ2v) is 6.44. The lowest BCUT2D eigenvalue weighted by Crippen LogP contribution is -2.46. The summed E-state index contributed by atoms with van der Waals surface area (Å²) in [5.41, 5.74) is -0.0798. The minimum atomic E-state index is -0.0798. The zero-order valence-electron chi connectivity index (χ0n) is 13.2. The van der Waals surface area contributed by atoms with Gasteiger partial charge in [-0.05, 0) is 64.6 Å². The number of nitrogens with one attached hydrogen (secondary N) is 1. The van der Waals surface area contributed by atoms with Gasteiger partial charge in [-0.25, -0.2) is 0 Å². The van der Waals surface area contributed by atoms with E-state index in [1.807, 2.05) is 0 Å². The molecule has 1 rings (SSSR count). The Morgan fingerprint density at radius 1 is 1.26 bits per heavy atom. The standard InChI is InChI=1S/C16H34N2O/c1-4-11-17-16(3,14-19)10-6-7-12-18(5-2)13-15-8-9-15/h15,17,19H,4-14H2,1-3H3. The number of hydrogen-bond acceptors (Lipinski definition) is 3. The van der Waals surface area contributed by atoms with Gasteiger partial charge in [0.05, 0.1) is 6.61 Å². The van der Waals surface area contributed by atoms with E-state index < -0.39 is 0 Å². The average molecular weight is 270 g/mol. The van der Waals surface area contributed by atoms with Crippen molar-refractivity contribution in [3.63, 3.8) is 0 Å². The number of hydrogen-bond donors (Lipinski definition) is 2. The first kappa shape index (κ1) is 16.9. The van der Waals surface area contributed by atoms with E-state index in [0.29, 0.717) is 0 Å². The zero-order chi connectivity index (χ0) is 14.1. The van der Waals surface area contributed by atoms with Crippen LogP contribution in [0.25, 0.3) is 0 Å². The molecule has 1 atom stereocenters. The Balaban J connectivity index is 2.12. The van der Waals surface area contributed by atoms with Crippen LogP contribution in [0.2, 0.25) is 0 Å². The topological polar surface area (TPSA) is 35.5 Å². The molecule has 1 saturated carbocycles. The predicted octanol–water partition coefficient (Wildman–Crippen LogP) is 2.64. The van der Waals surface area contributed by atoms with Crippen LogP contribution in [0.5, 0.6) is 0 Å². The Hall–Kier alpha value is -0.120. The van der Waals surface area contributed by atoms with Crippen LogP contribution in [-0.4, -0.2) is 48.3 Å². The molecule has 3 nitrogen and oxygen atoms in total. The SMILES string of the molecule is CCCNC(C)(CO)CCCCN(CC)CC1CC1. The van der Waals surface area contributed by atoms with Crippen molar-refractivity contribution in [2.75, 3.05) is 32.8 Å². The Kier molecular flexibility index (Phi) is 7.96. The number of aliphatic hydroxyl groups is 1. The highest BCUT2D eigenvalue weighted by molar-refractivity contribution is 4.82. The summed E-state index contributed by atoms with van der Waals surface area (Å²) in [6.07, 6.45) is 7.55. The van der Waals surface area contributed by atoms with Gasteiger partial charge in [0.2, 0.25) is 0 Å². The molecule has 0 amide bonds. The zero-order valence-corrected chi connectivity index (χ0v) is 13.2. The molecule has 19 heavy (non-hydrogen) atoms. The highest BCUT2D eigenvalue weighted by Crippen LogP contribution is 2.29. The molecule has 0 aromatic heterocycles. The molecule has 0 heterocycles. The van der Waals surface area contributed by atoms with E-state index in [0.717, 1.165) is 25.3 Å². The first-order valence-electron chi connectivity index (χ1n) is 8.21. The minimum Gasteiger partial charge on any atom is -0.394 e. The van der Waals surface area contributed by atoms with Crippen molar-refractivity contribution in [1.82, 2.24) is 10.2 Å². The molecule has 1 fully saturated rings. The molecule has 114 valence electrons. The van der Waals surface area contributed by atoms with E-state index >= 15 is 0 Å². The molecule has 0 saturated heterocycles. The van der Waals surface area contributed by atoms with Crippen LogP contribution in [-0.2, 0) is 0 Å². The Bertz CT molecular complexity index is 231. The van der Waals surface area contributed by atoms with Crippen LogP contribution in [0, 0.1) is 5.92 Å². The molecule has 0 spiro atoms. The maximum atomic E-state index is 9.52.